The lowest BCUT2D eigenvalue weighted by Gasteiger charge is -2.11. The van der Waals surface area contributed by atoms with E-state index in [9.17, 15) is 4.79 Å². The van der Waals surface area contributed by atoms with Gasteiger partial charge in [0.2, 0.25) is 0 Å². The first-order valence-electron chi connectivity index (χ1n) is 6.93. The molecule has 0 atom stereocenters. The predicted octanol–water partition coefficient (Wildman–Crippen LogP) is 2.53. The highest BCUT2D eigenvalue weighted by Gasteiger charge is 2.10. The smallest absolute Gasteiger partial charge is 0.270 e. The minimum absolute atomic E-state index is 0.131. The average Bonchev–Trinajstić information content (AvgIpc) is 2.32. The van der Waals surface area contributed by atoms with E-state index in [0.29, 0.717) is 23.9 Å². The highest BCUT2D eigenvalue weighted by Crippen LogP contribution is 2.08. The summed E-state index contributed by atoms with van der Waals surface area (Å²) in [4.78, 5) is 20.4. The van der Waals surface area contributed by atoms with E-state index in [1.54, 1.807) is 13.0 Å². The molecule has 0 radical (unpaired) electrons. The van der Waals surface area contributed by atoms with Gasteiger partial charge in [0.1, 0.15) is 17.3 Å². The summed E-state index contributed by atoms with van der Waals surface area (Å²) in [6.45, 7) is 8.69. The van der Waals surface area contributed by atoms with Crippen molar-refractivity contribution in [3.63, 3.8) is 0 Å². The molecule has 19 heavy (non-hydrogen) atoms. The Hall–Kier alpha value is -1.65. The lowest BCUT2D eigenvalue weighted by atomic mass is 10.2. The Morgan fingerprint density at radius 2 is 2.05 bits per heavy atom. The first-order chi connectivity index (χ1) is 9.02. The number of unbranched alkanes of at least 4 members (excludes halogenated alkanes) is 2. The Balaban J connectivity index is 2.65. The van der Waals surface area contributed by atoms with Crippen LogP contribution in [0.15, 0.2) is 6.07 Å². The molecular formula is C14H24N4O. The molecule has 1 aromatic rings. The number of amides is 1. The molecule has 0 aliphatic rings. The van der Waals surface area contributed by atoms with Crippen LogP contribution in [0.3, 0.4) is 0 Å². The summed E-state index contributed by atoms with van der Waals surface area (Å²) in [6.07, 6.45) is 3.28. The molecule has 1 heterocycles. The molecule has 0 saturated heterocycles. The van der Waals surface area contributed by atoms with Crippen LogP contribution in [0.1, 0.15) is 56.3 Å². The second-order valence-corrected chi connectivity index (χ2v) is 4.95. The molecule has 5 nitrogen and oxygen atoms in total. The van der Waals surface area contributed by atoms with Gasteiger partial charge in [-0.2, -0.15) is 0 Å². The number of hydrogen-bond donors (Lipinski definition) is 2. The number of anilines is 1. The summed E-state index contributed by atoms with van der Waals surface area (Å²) in [5, 5.41) is 6.07. The Bertz CT molecular complexity index is 418. The van der Waals surface area contributed by atoms with Crippen LogP contribution < -0.4 is 10.6 Å². The minimum atomic E-state index is -0.131. The van der Waals surface area contributed by atoms with Crippen LogP contribution in [-0.4, -0.2) is 28.5 Å². The molecule has 1 aromatic heterocycles. The van der Waals surface area contributed by atoms with Crippen molar-refractivity contribution in [3.8, 4) is 0 Å². The third-order valence-electron chi connectivity index (χ3n) is 2.57. The molecule has 0 fully saturated rings. The van der Waals surface area contributed by atoms with Crippen molar-refractivity contribution >= 4 is 11.7 Å². The van der Waals surface area contributed by atoms with E-state index in [1.165, 1.54) is 0 Å². The van der Waals surface area contributed by atoms with Crippen LogP contribution in [0.25, 0.3) is 0 Å². The molecular weight excluding hydrogens is 240 g/mol. The number of carbonyl (C=O) groups is 1. The molecule has 2 N–H and O–H groups in total. The highest BCUT2D eigenvalue weighted by molar-refractivity contribution is 5.92. The van der Waals surface area contributed by atoms with Gasteiger partial charge in [-0.15, -0.1) is 0 Å². The minimum Gasteiger partial charge on any atom is -0.368 e. The van der Waals surface area contributed by atoms with Crippen molar-refractivity contribution in [1.29, 1.82) is 0 Å². The highest BCUT2D eigenvalue weighted by atomic mass is 16.1. The van der Waals surface area contributed by atoms with Crippen molar-refractivity contribution in [1.82, 2.24) is 15.3 Å². The van der Waals surface area contributed by atoms with Gasteiger partial charge in [0.05, 0.1) is 0 Å². The van der Waals surface area contributed by atoms with E-state index in [1.807, 2.05) is 13.8 Å². The van der Waals surface area contributed by atoms with Crippen LogP contribution in [0.5, 0.6) is 0 Å². The summed E-state index contributed by atoms with van der Waals surface area (Å²) in [5.41, 5.74) is 0.423. The normalized spacial score (nSPS) is 10.6. The summed E-state index contributed by atoms with van der Waals surface area (Å²) in [6, 6.07) is 1.97. The van der Waals surface area contributed by atoms with Crippen LogP contribution in [-0.2, 0) is 0 Å². The molecule has 0 spiro atoms. The zero-order valence-electron chi connectivity index (χ0n) is 12.3. The molecule has 0 aliphatic heterocycles. The molecule has 0 aliphatic carbocycles. The summed E-state index contributed by atoms with van der Waals surface area (Å²) < 4.78 is 0. The van der Waals surface area contributed by atoms with Crippen LogP contribution in [0.2, 0.25) is 0 Å². The summed E-state index contributed by atoms with van der Waals surface area (Å²) >= 11 is 0. The Labute approximate surface area is 115 Å². The SMILES string of the molecule is CCCCCNC(=O)c1cc(NC(C)C)nc(C)n1. The number of aryl methyl sites for hydroxylation is 1. The van der Waals surface area contributed by atoms with Crippen molar-refractivity contribution in [3.05, 3.63) is 17.6 Å². The molecule has 106 valence electrons. The van der Waals surface area contributed by atoms with E-state index in [0.717, 1.165) is 19.3 Å². The van der Waals surface area contributed by atoms with Gasteiger partial charge in [0.25, 0.3) is 5.91 Å². The zero-order chi connectivity index (χ0) is 14.3. The van der Waals surface area contributed by atoms with Gasteiger partial charge in [0.15, 0.2) is 0 Å². The number of nitrogens with zero attached hydrogens (tertiary/aromatic N) is 2. The van der Waals surface area contributed by atoms with Crippen LogP contribution in [0, 0.1) is 6.92 Å². The maximum absolute atomic E-state index is 12.0. The van der Waals surface area contributed by atoms with Crippen molar-refractivity contribution in [2.75, 3.05) is 11.9 Å². The second-order valence-electron chi connectivity index (χ2n) is 4.95. The quantitative estimate of drug-likeness (QED) is 0.743. The number of hydrogen-bond acceptors (Lipinski definition) is 4. The van der Waals surface area contributed by atoms with Crippen molar-refractivity contribution in [2.24, 2.45) is 0 Å². The van der Waals surface area contributed by atoms with Gasteiger partial charge in [-0.05, 0) is 27.2 Å². The number of aromatic nitrogens is 2. The van der Waals surface area contributed by atoms with Gasteiger partial charge in [0, 0.05) is 18.7 Å². The molecule has 0 unspecified atom stereocenters. The predicted molar refractivity (Wildman–Crippen MR) is 77.4 cm³/mol. The van der Waals surface area contributed by atoms with Crippen molar-refractivity contribution in [2.45, 2.75) is 53.0 Å². The van der Waals surface area contributed by atoms with Crippen LogP contribution >= 0.6 is 0 Å². The molecule has 0 saturated carbocycles. The van der Waals surface area contributed by atoms with E-state index < -0.39 is 0 Å². The fraction of sp³-hybridized carbons (Fsp3) is 0.643. The van der Waals surface area contributed by atoms with E-state index >= 15 is 0 Å². The zero-order valence-corrected chi connectivity index (χ0v) is 12.3. The first-order valence-corrected chi connectivity index (χ1v) is 6.93. The summed E-state index contributed by atoms with van der Waals surface area (Å²) in [5.74, 6) is 1.17. The lowest BCUT2D eigenvalue weighted by Crippen LogP contribution is -2.26. The van der Waals surface area contributed by atoms with Gasteiger partial charge in [-0.25, -0.2) is 9.97 Å². The van der Waals surface area contributed by atoms with Gasteiger partial charge < -0.3 is 10.6 Å². The third kappa shape index (κ3) is 5.68. The maximum atomic E-state index is 12.0. The van der Waals surface area contributed by atoms with Crippen molar-refractivity contribution < 1.29 is 4.79 Å². The second kappa shape index (κ2) is 7.71. The van der Waals surface area contributed by atoms with Gasteiger partial charge in [-0.3, -0.25) is 4.79 Å². The lowest BCUT2D eigenvalue weighted by molar-refractivity contribution is 0.0947. The third-order valence-corrected chi connectivity index (χ3v) is 2.57. The monoisotopic (exact) mass is 264 g/mol. The Morgan fingerprint density at radius 3 is 2.68 bits per heavy atom. The van der Waals surface area contributed by atoms with Crippen LogP contribution in [0.4, 0.5) is 5.82 Å². The number of nitrogens with one attached hydrogen (secondary N) is 2. The molecule has 1 rings (SSSR count). The fourth-order valence-electron chi connectivity index (χ4n) is 1.72. The first kappa shape index (κ1) is 15.4. The summed E-state index contributed by atoms with van der Waals surface area (Å²) in [7, 11) is 0. The molecule has 5 heteroatoms. The molecule has 0 aromatic carbocycles. The number of rotatable bonds is 7. The van der Waals surface area contributed by atoms with E-state index in [2.05, 4.69) is 27.5 Å². The Morgan fingerprint density at radius 1 is 1.32 bits per heavy atom. The molecule has 0 bridgehead atoms. The van der Waals surface area contributed by atoms with Gasteiger partial charge in [-0.1, -0.05) is 19.8 Å². The topological polar surface area (TPSA) is 66.9 Å². The Kier molecular flexibility index (Phi) is 6.25. The fourth-order valence-corrected chi connectivity index (χ4v) is 1.72. The van der Waals surface area contributed by atoms with E-state index in [-0.39, 0.29) is 11.9 Å². The standard InChI is InChI=1S/C14H24N4O/c1-5-6-7-8-15-14(19)12-9-13(16-10(2)3)18-11(4)17-12/h9-10H,5-8H2,1-4H3,(H,15,19)(H,16,17,18). The average molecular weight is 264 g/mol. The van der Waals surface area contributed by atoms with E-state index in [4.69, 9.17) is 0 Å². The molecule has 1 amide bonds. The number of carbonyl (C=O) groups excluding carboxylic acids is 1. The van der Waals surface area contributed by atoms with Gasteiger partial charge >= 0.3 is 0 Å². The maximum Gasteiger partial charge on any atom is 0.270 e. The largest absolute Gasteiger partial charge is 0.368 e.